The summed E-state index contributed by atoms with van der Waals surface area (Å²) in [5.74, 6) is -1.11. The van der Waals surface area contributed by atoms with Crippen LogP contribution in [0.2, 0.25) is 0 Å². The lowest BCUT2D eigenvalue weighted by atomic mass is 9.98. The molecule has 2 unspecified atom stereocenters. The van der Waals surface area contributed by atoms with Crippen LogP contribution in [0.25, 0.3) is 0 Å². The van der Waals surface area contributed by atoms with E-state index in [4.69, 9.17) is 10.5 Å². The zero-order valence-electron chi connectivity index (χ0n) is 10.4. The van der Waals surface area contributed by atoms with Gasteiger partial charge in [-0.15, -0.1) is 0 Å². The first-order valence-electron chi connectivity index (χ1n) is 6.12. The summed E-state index contributed by atoms with van der Waals surface area (Å²) in [6.45, 7) is 4.49. The van der Waals surface area contributed by atoms with Gasteiger partial charge in [-0.25, -0.2) is 8.78 Å². The molecule has 2 atom stereocenters. The molecule has 5 heteroatoms. The molecule has 0 saturated carbocycles. The van der Waals surface area contributed by atoms with Crippen LogP contribution in [-0.4, -0.2) is 37.2 Å². The van der Waals surface area contributed by atoms with Gasteiger partial charge < -0.3 is 10.5 Å². The van der Waals surface area contributed by atoms with Gasteiger partial charge in [0.15, 0.2) is 0 Å². The number of rotatable bonds is 3. The van der Waals surface area contributed by atoms with E-state index in [1.165, 1.54) is 12.1 Å². The fraction of sp³-hybridized carbons (Fsp3) is 0.538. The molecule has 18 heavy (non-hydrogen) atoms. The van der Waals surface area contributed by atoms with Gasteiger partial charge in [-0.2, -0.15) is 0 Å². The molecule has 1 fully saturated rings. The molecule has 2 N–H and O–H groups in total. The molecule has 1 aromatic carbocycles. The van der Waals surface area contributed by atoms with Crippen LogP contribution in [0, 0.1) is 11.6 Å². The van der Waals surface area contributed by atoms with Crippen molar-refractivity contribution in [2.45, 2.75) is 19.0 Å². The Kier molecular flexibility index (Phi) is 4.27. The molecule has 0 amide bonds. The fourth-order valence-electron chi connectivity index (χ4n) is 2.41. The van der Waals surface area contributed by atoms with Crippen LogP contribution in [0.4, 0.5) is 8.78 Å². The Morgan fingerprint density at radius 3 is 2.50 bits per heavy atom. The van der Waals surface area contributed by atoms with E-state index < -0.39 is 11.6 Å². The minimum atomic E-state index is -0.568. The van der Waals surface area contributed by atoms with Crippen molar-refractivity contribution in [3.63, 3.8) is 0 Å². The maximum Gasteiger partial charge on any atom is 0.130 e. The Morgan fingerprint density at radius 2 is 1.94 bits per heavy atom. The Morgan fingerprint density at radius 1 is 1.28 bits per heavy atom. The Hall–Kier alpha value is -1.04. The molecule has 1 aromatic rings. The first-order valence-corrected chi connectivity index (χ1v) is 6.12. The van der Waals surface area contributed by atoms with Crippen LogP contribution in [0.15, 0.2) is 18.2 Å². The second kappa shape index (κ2) is 5.73. The standard InChI is InChI=1S/C13H18F2N2O/c1-9(16)13(17-4-6-18-7-5-17)11-3-2-10(14)8-12(11)15/h2-3,8-9,13H,4-7,16H2,1H3. The topological polar surface area (TPSA) is 38.5 Å². The maximum atomic E-state index is 13.9. The lowest BCUT2D eigenvalue weighted by molar-refractivity contribution is 0.0108. The predicted molar refractivity (Wildman–Crippen MR) is 65.1 cm³/mol. The molecule has 0 aromatic heterocycles. The summed E-state index contributed by atoms with van der Waals surface area (Å²) in [4.78, 5) is 2.09. The summed E-state index contributed by atoms with van der Waals surface area (Å²) in [5.41, 5.74) is 6.42. The van der Waals surface area contributed by atoms with Crippen molar-refractivity contribution in [3.8, 4) is 0 Å². The number of benzene rings is 1. The zero-order chi connectivity index (χ0) is 13.1. The van der Waals surface area contributed by atoms with Crippen molar-refractivity contribution in [2.75, 3.05) is 26.3 Å². The SMILES string of the molecule is CC(N)C(c1ccc(F)cc1F)N1CCOCC1. The van der Waals surface area contributed by atoms with Crippen LogP contribution in [-0.2, 0) is 4.74 Å². The van der Waals surface area contributed by atoms with E-state index in [9.17, 15) is 8.78 Å². The third-order valence-electron chi connectivity index (χ3n) is 3.22. The molecule has 100 valence electrons. The number of hydrogen-bond acceptors (Lipinski definition) is 3. The second-order valence-electron chi connectivity index (χ2n) is 4.62. The highest BCUT2D eigenvalue weighted by Crippen LogP contribution is 2.27. The number of halogens is 2. The number of morpholine rings is 1. The molecule has 1 aliphatic rings. The van der Waals surface area contributed by atoms with Crippen LogP contribution in [0.3, 0.4) is 0 Å². The van der Waals surface area contributed by atoms with E-state index in [0.29, 0.717) is 31.9 Å². The van der Waals surface area contributed by atoms with Gasteiger partial charge in [0.25, 0.3) is 0 Å². The van der Waals surface area contributed by atoms with Crippen LogP contribution in [0.5, 0.6) is 0 Å². The largest absolute Gasteiger partial charge is 0.379 e. The first-order chi connectivity index (χ1) is 8.59. The minimum absolute atomic E-state index is 0.233. The van der Waals surface area contributed by atoms with E-state index in [-0.39, 0.29) is 12.1 Å². The molecule has 1 aliphatic heterocycles. The summed E-state index contributed by atoms with van der Waals surface area (Å²) < 4.78 is 32.1. The third kappa shape index (κ3) is 2.85. The number of nitrogens with zero attached hydrogens (tertiary/aromatic N) is 1. The van der Waals surface area contributed by atoms with Gasteiger partial charge in [-0.3, -0.25) is 4.90 Å². The van der Waals surface area contributed by atoms with Gasteiger partial charge in [0, 0.05) is 30.8 Å². The second-order valence-corrected chi connectivity index (χ2v) is 4.62. The molecular weight excluding hydrogens is 238 g/mol. The summed E-state index contributed by atoms with van der Waals surface area (Å²) in [7, 11) is 0. The molecule has 0 spiro atoms. The highest BCUT2D eigenvalue weighted by Gasteiger charge is 2.28. The van der Waals surface area contributed by atoms with E-state index in [0.717, 1.165) is 6.07 Å². The number of nitrogens with two attached hydrogens (primary N) is 1. The van der Waals surface area contributed by atoms with Crippen molar-refractivity contribution < 1.29 is 13.5 Å². The van der Waals surface area contributed by atoms with Gasteiger partial charge in [0.05, 0.1) is 19.3 Å². The molecule has 1 saturated heterocycles. The highest BCUT2D eigenvalue weighted by molar-refractivity contribution is 5.23. The van der Waals surface area contributed by atoms with Crippen molar-refractivity contribution >= 4 is 0 Å². The molecular formula is C13H18F2N2O. The van der Waals surface area contributed by atoms with Crippen molar-refractivity contribution in [1.82, 2.24) is 4.90 Å². The Labute approximate surface area is 106 Å². The van der Waals surface area contributed by atoms with E-state index >= 15 is 0 Å². The van der Waals surface area contributed by atoms with E-state index in [2.05, 4.69) is 4.90 Å². The lowest BCUT2D eigenvalue weighted by Gasteiger charge is -2.37. The van der Waals surface area contributed by atoms with E-state index in [1.807, 2.05) is 6.92 Å². The Bertz CT molecular complexity index is 406. The maximum absolute atomic E-state index is 13.9. The minimum Gasteiger partial charge on any atom is -0.379 e. The monoisotopic (exact) mass is 256 g/mol. The van der Waals surface area contributed by atoms with E-state index in [1.54, 1.807) is 0 Å². The van der Waals surface area contributed by atoms with Crippen molar-refractivity contribution in [3.05, 3.63) is 35.4 Å². The normalized spacial score (nSPS) is 20.7. The summed E-state index contributed by atoms with van der Waals surface area (Å²) in [6, 6.07) is 3.19. The lowest BCUT2D eigenvalue weighted by Crippen LogP contribution is -2.45. The molecule has 0 radical (unpaired) electrons. The number of ether oxygens (including phenoxy) is 1. The third-order valence-corrected chi connectivity index (χ3v) is 3.22. The van der Waals surface area contributed by atoms with Gasteiger partial charge >= 0.3 is 0 Å². The summed E-state index contributed by atoms with van der Waals surface area (Å²) >= 11 is 0. The average Bonchev–Trinajstić information content (AvgIpc) is 2.33. The van der Waals surface area contributed by atoms with Crippen molar-refractivity contribution in [2.24, 2.45) is 5.73 Å². The van der Waals surface area contributed by atoms with Crippen LogP contribution < -0.4 is 5.73 Å². The fourth-order valence-corrected chi connectivity index (χ4v) is 2.41. The zero-order valence-corrected chi connectivity index (χ0v) is 10.4. The smallest absolute Gasteiger partial charge is 0.130 e. The van der Waals surface area contributed by atoms with Crippen LogP contribution in [0.1, 0.15) is 18.5 Å². The Balaban J connectivity index is 2.28. The molecule has 1 heterocycles. The van der Waals surface area contributed by atoms with Gasteiger partial charge in [-0.05, 0) is 13.0 Å². The average molecular weight is 256 g/mol. The summed E-state index contributed by atoms with van der Waals surface area (Å²) in [6.07, 6.45) is 0. The van der Waals surface area contributed by atoms with Crippen LogP contribution >= 0.6 is 0 Å². The summed E-state index contributed by atoms with van der Waals surface area (Å²) in [5, 5.41) is 0. The predicted octanol–water partition coefficient (Wildman–Crippen LogP) is 1.69. The molecule has 3 nitrogen and oxygen atoms in total. The first kappa shape index (κ1) is 13.4. The van der Waals surface area contributed by atoms with Gasteiger partial charge in [0.2, 0.25) is 0 Å². The highest BCUT2D eigenvalue weighted by atomic mass is 19.1. The molecule has 0 aliphatic carbocycles. The van der Waals surface area contributed by atoms with Gasteiger partial charge in [-0.1, -0.05) is 6.07 Å². The van der Waals surface area contributed by atoms with Gasteiger partial charge in [0.1, 0.15) is 11.6 Å². The van der Waals surface area contributed by atoms with Crippen molar-refractivity contribution in [1.29, 1.82) is 0 Å². The number of hydrogen-bond donors (Lipinski definition) is 1. The molecule has 0 bridgehead atoms. The molecule has 2 rings (SSSR count). The quantitative estimate of drug-likeness (QED) is 0.894.